The summed E-state index contributed by atoms with van der Waals surface area (Å²) in [6.45, 7) is 0.0413. The molecule has 3 aromatic rings. The molecule has 1 saturated heterocycles. The summed E-state index contributed by atoms with van der Waals surface area (Å²) >= 11 is 0. The highest BCUT2D eigenvalue weighted by molar-refractivity contribution is 7.90. The van der Waals surface area contributed by atoms with Crippen molar-refractivity contribution in [1.82, 2.24) is 18.5 Å². The van der Waals surface area contributed by atoms with Gasteiger partial charge in [-0.3, -0.25) is 4.98 Å². The molecule has 13 heteroatoms. The van der Waals surface area contributed by atoms with Crippen LogP contribution in [0.15, 0.2) is 52.4 Å². The van der Waals surface area contributed by atoms with Crippen LogP contribution in [0.3, 0.4) is 0 Å². The summed E-state index contributed by atoms with van der Waals surface area (Å²) in [7, 11) is -5.17. The number of piperidine rings is 1. The first-order valence-corrected chi connectivity index (χ1v) is 12.6. The second-order valence-electron chi connectivity index (χ2n) is 7.64. The van der Waals surface area contributed by atoms with Gasteiger partial charge in [0.15, 0.2) is 5.82 Å². The SMILES string of the molecule is CN(C)S(=O)(=O)c1ccc(S(=O)(=O)n2nc(N3CCC(F)(F)CC3)c3ncccc32)cc1. The molecule has 2 aromatic heterocycles. The molecule has 32 heavy (non-hydrogen) atoms. The highest BCUT2D eigenvalue weighted by Gasteiger charge is 2.36. The lowest BCUT2D eigenvalue weighted by Gasteiger charge is -2.31. The Kier molecular flexibility index (Phi) is 5.46. The van der Waals surface area contributed by atoms with Gasteiger partial charge in [-0.25, -0.2) is 21.5 Å². The van der Waals surface area contributed by atoms with Crippen LogP contribution in [0, 0.1) is 0 Å². The zero-order chi connectivity index (χ0) is 23.3. The van der Waals surface area contributed by atoms with E-state index >= 15 is 0 Å². The van der Waals surface area contributed by atoms with Crippen molar-refractivity contribution in [3.63, 3.8) is 0 Å². The molecule has 0 aliphatic carbocycles. The van der Waals surface area contributed by atoms with E-state index in [4.69, 9.17) is 0 Å². The predicted molar refractivity (Wildman–Crippen MR) is 114 cm³/mol. The van der Waals surface area contributed by atoms with Gasteiger partial charge in [0.05, 0.1) is 9.79 Å². The first kappa shape index (κ1) is 22.6. The first-order chi connectivity index (χ1) is 14.9. The number of pyridine rings is 1. The molecular weight excluding hydrogens is 464 g/mol. The summed E-state index contributed by atoms with van der Waals surface area (Å²) in [5.41, 5.74) is 0.484. The molecule has 4 rings (SSSR count). The summed E-state index contributed by atoms with van der Waals surface area (Å²) in [6.07, 6.45) is 0.759. The van der Waals surface area contributed by atoms with Gasteiger partial charge in [-0.2, -0.15) is 8.42 Å². The largest absolute Gasteiger partial charge is 0.353 e. The van der Waals surface area contributed by atoms with E-state index in [9.17, 15) is 25.6 Å². The number of benzene rings is 1. The summed E-state index contributed by atoms with van der Waals surface area (Å²) in [6, 6.07) is 7.88. The molecule has 0 bridgehead atoms. The lowest BCUT2D eigenvalue weighted by atomic mass is 10.1. The quantitative estimate of drug-likeness (QED) is 0.545. The maximum Gasteiger partial charge on any atom is 0.283 e. The Morgan fingerprint density at radius 3 is 2.16 bits per heavy atom. The monoisotopic (exact) mass is 485 g/mol. The molecule has 0 spiro atoms. The molecule has 0 radical (unpaired) electrons. The molecule has 0 atom stereocenters. The fraction of sp³-hybridized carbons (Fsp3) is 0.368. The van der Waals surface area contributed by atoms with Crippen LogP contribution in [0.25, 0.3) is 11.0 Å². The zero-order valence-corrected chi connectivity index (χ0v) is 18.9. The van der Waals surface area contributed by atoms with E-state index in [2.05, 4.69) is 10.1 Å². The van der Waals surface area contributed by atoms with Crippen LogP contribution >= 0.6 is 0 Å². The molecule has 0 N–H and O–H groups in total. The summed E-state index contributed by atoms with van der Waals surface area (Å²) in [5, 5.41) is 4.23. The minimum atomic E-state index is -4.21. The van der Waals surface area contributed by atoms with Gasteiger partial charge in [0.2, 0.25) is 10.0 Å². The van der Waals surface area contributed by atoms with Crippen molar-refractivity contribution >= 4 is 36.9 Å². The maximum atomic E-state index is 13.6. The Bertz CT molecular complexity index is 1360. The van der Waals surface area contributed by atoms with Crippen molar-refractivity contribution in [3.8, 4) is 0 Å². The van der Waals surface area contributed by atoms with Crippen molar-refractivity contribution in [2.24, 2.45) is 0 Å². The van der Waals surface area contributed by atoms with Gasteiger partial charge in [-0.15, -0.1) is 9.19 Å². The molecule has 1 aromatic carbocycles. The van der Waals surface area contributed by atoms with Crippen LogP contribution < -0.4 is 4.90 Å². The normalized spacial score (nSPS) is 17.2. The number of rotatable bonds is 5. The van der Waals surface area contributed by atoms with Crippen LogP contribution in [-0.2, 0) is 20.0 Å². The number of nitrogens with zero attached hydrogens (tertiary/aromatic N) is 5. The van der Waals surface area contributed by atoms with Crippen molar-refractivity contribution in [2.45, 2.75) is 28.6 Å². The van der Waals surface area contributed by atoms with Gasteiger partial charge in [-0.05, 0) is 36.4 Å². The van der Waals surface area contributed by atoms with Gasteiger partial charge in [0.25, 0.3) is 15.9 Å². The third-order valence-electron chi connectivity index (χ3n) is 5.31. The fourth-order valence-electron chi connectivity index (χ4n) is 3.45. The van der Waals surface area contributed by atoms with E-state index < -0.39 is 26.0 Å². The molecule has 0 saturated carbocycles. The lowest BCUT2D eigenvalue weighted by Crippen LogP contribution is -2.39. The number of anilines is 1. The van der Waals surface area contributed by atoms with Gasteiger partial charge in [0, 0.05) is 46.2 Å². The lowest BCUT2D eigenvalue weighted by molar-refractivity contribution is -0.0221. The van der Waals surface area contributed by atoms with Gasteiger partial charge >= 0.3 is 0 Å². The Hall–Kier alpha value is -2.64. The van der Waals surface area contributed by atoms with E-state index in [1.54, 1.807) is 11.0 Å². The number of fused-ring (bicyclic) bond motifs is 1. The standard InChI is InChI=1S/C19H21F2N5O4S2/c1-24(2)31(27,28)14-5-7-15(8-6-14)32(29,30)26-16-4-3-11-22-17(16)18(23-26)25-12-9-19(20,21)10-13-25/h3-8,11H,9-10,12-13H2,1-2H3. The minimum absolute atomic E-state index is 0.0207. The second-order valence-corrected chi connectivity index (χ2v) is 11.6. The van der Waals surface area contributed by atoms with E-state index in [0.29, 0.717) is 0 Å². The number of sulfonamides is 1. The van der Waals surface area contributed by atoms with Crippen molar-refractivity contribution in [3.05, 3.63) is 42.6 Å². The third kappa shape index (κ3) is 3.84. The van der Waals surface area contributed by atoms with Crippen molar-refractivity contribution in [2.75, 3.05) is 32.1 Å². The van der Waals surface area contributed by atoms with Crippen LogP contribution in [0.5, 0.6) is 0 Å². The average Bonchev–Trinajstić information content (AvgIpc) is 3.14. The Morgan fingerprint density at radius 1 is 0.969 bits per heavy atom. The van der Waals surface area contributed by atoms with E-state index in [-0.39, 0.29) is 52.6 Å². The van der Waals surface area contributed by atoms with Crippen molar-refractivity contribution in [1.29, 1.82) is 0 Å². The Morgan fingerprint density at radius 2 is 1.56 bits per heavy atom. The second kappa shape index (κ2) is 7.74. The number of aromatic nitrogens is 3. The Labute approximate surface area is 184 Å². The van der Waals surface area contributed by atoms with Crippen LogP contribution in [0.4, 0.5) is 14.6 Å². The molecule has 1 fully saturated rings. The molecule has 0 unspecified atom stereocenters. The van der Waals surface area contributed by atoms with Gasteiger partial charge in [-0.1, -0.05) is 0 Å². The summed E-state index contributed by atoms with van der Waals surface area (Å²) in [4.78, 5) is 5.61. The molecule has 9 nitrogen and oxygen atoms in total. The van der Waals surface area contributed by atoms with Crippen LogP contribution in [0.2, 0.25) is 0 Å². The van der Waals surface area contributed by atoms with Gasteiger partial charge in [0.1, 0.15) is 11.0 Å². The zero-order valence-electron chi connectivity index (χ0n) is 17.3. The highest BCUT2D eigenvalue weighted by atomic mass is 32.2. The topological polar surface area (TPSA) is 105 Å². The third-order valence-corrected chi connectivity index (χ3v) is 8.74. The first-order valence-electron chi connectivity index (χ1n) is 9.68. The summed E-state index contributed by atoms with van der Waals surface area (Å²) in [5.74, 6) is -2.55. The summed E-state index contributed by atoms with van der Waals surface area (Å²) < 4.78 is 80.1. The van der Waals surface area contributed by atoms with Crippen LogP contribution in [0.1, 0.15) is 12.8 Å². The van der Waals surface area contributed by atoms with Crippen molar-refractivity contribution < 1.29 is 25.6 Å². The molecular formula is C19H21F2N5O4S2. The fourth-order valence-corrected chi connectivity index (χ4v) is 5.62. The molecule has 172 valence electrons. The molecule has 0 amide bonds. The smallest absolute Gasteiger partial charge is 0.283 e. The van der Waals surface area contributed by atoms with Crippen LogP contribution in [-0.4, -0.2) is 68.4 Å². The van der Waals surface area contributed by atoms with E-state index in [1.807, 2.05) is 0 Å². The maximum absolute atomic E-state index is 13.6. The Balaban J connectivity index is 1.76. The predicted octanol–water partition coefficient (Wildman–Crippen LogP) is 2.15. The number of hydrogen-bond donors (Lipinski definition) is 0. The number of hydrogen-bond acceptors (Lipinski definition) is 7. The highest BCUT2D eigenvalue weighted by Crippen LogP contribution is 2.33. The van der Waals surface area contributed by atoms with E-state index in [1.165, 1.54) is 50.6 Å². The molecule has 3 heterocycles. The number of alkyl halides is 2. The number of halogens is 2. The van der Waals surface area contributed by atoms with Gasteiger partial charge < -0.3 is 4.90 Å². The minimum Gasteiger partial charge on any atom is -0.353 e. The molecule has 1 aliphatic heterocycles. The molecule has 1 aliphatic rings. The van der Waals surface area contributed by atoms with E-state index in [0.717, 1.165) is 8.39 Å². The average molecular weight is 486 g/mol.